The van der Waals surface area contributed by atoms with Crippen LogP contribution in [-0.2, 0) is 10.0 Å². The van der Waals surface area contributed by atoms with Gasteiger partial charge in [-0.25, -0.2) is 13.2 Å². The number of nitrogens with one attached hydrogen (secondary N) is 1. The second-order valence-electron chi connectivity index (χ2n) is 3.89. The Balaban J connectivity index is 2.31. The summed E-state index contributed by atoms with van der Waals surface area (Å²) >= 11 is 2.89. The van der Waals surface area contributed by atoms with E-state index >= 15 is 0 Å². The zero-order valence-electron chi connectivity index (χ0n) is 10.7. The van der Waals surface area contributed by atoms with Crippen LogP contribution >= 0.6 is 15.9 Å². The summed E-state index contributed by atoms with van der Waals surface area (Å²) in [7, 11) is -2.48. The van der Waals surface area contributed by atoms with E-state index in [9.17, 15) is 13.2 Å². The standard InChI is InChI=1S/C12H10BrNO6S/c1-19-8-4-2-7(3-5-8)14-21(17,18)10-6-9(12(15)16)20-11(10)13/h2-6,14H,1H3,(H,15,16). The fraction of sp³-hybridized carbons (Fsp3) is 0.0833. The second-order valence-corrected chi connectivity index (χ2v) is 6.26. The Morgan fingerprint density at radius 2 is 1.95 bits per heavy atom. The Labute approximate surface area is 128 Å². The van der Waals surface area contributed by atoms with Crippen LogP contribution < -0.4 is 9.46 Å². The van der Waals surface area contributed by atoms with Gasteiger partial charge < -0.3 is 14.3 Å². The summed E-state index contributed by atoms with van der Waals surface area (Å²) < 4.78 is 36.3. The van der Waals surface area contributed by atoms with Crippen LogP contribution in [0.3, 0.4) is 0 Å². The third-order valence-electron chi connectivity index (χ3n) is 2.50. The predicted octanol–water partition coefficient (Wildman–Crippen LogP) is 2.55. The average Bonchev–Trinajstić information content (AvgIpc) is 2.82. The van der Waals surface area contributed by atoms with Crippen molar-refractivity contribution in [2.24, 2.45) is 0 Å². The van der Waals surface area contributed by atoms with Gasteiger partial charge in [0, 0.05) is 11.8 Å². The molecule has 0 aliphatic heterocycles. The molecule has 7 nitrogen and oxygen atoms in total. The molecule has 1 heterocycles. The Morgan fingerprint density at radius 1 is 1.33 bits per heavy atom. The smallest absolute Gasteiger partial charge is 0.371 e. The lowest BCUT2D eigenvalue weighted by Gasteiger charge is -2.07. The van der Waals surface area contributed by atoms with Gasteiger partial charge in [0.05, 0.1) is 7.11 Å². The lowest BCUT2D eigenvalue weighted by molar-refractivity contribution is 0.0661. The number of sulfonamides is 1. The monoisotopic (exact) mass is 375 g/mol. The van der Waals surface area contributed by atoms with Gasteiger partial charge >= 0.3 is 5.97 Å². The number of furan rings is 1. The molecule has 0 amide bonds. The van der Waals surface area contributed by atoms with Crippen LogP contribution in [0, 0.1) is 0 Å². The van der Waals surface area contributed by atoms with Crippen molar-refractivity contribution in [3.05, 3.63) is 40.8 Å². The number of rotatable bonds is 5. The highest BCUT2D eigenvalue weighted by Crippen LogP contribution is 2.28. The van der Waals surface area contributed by atoms with Crippen LogP contribution in [0.4, 0.5) is 5.69 Å². The van der Waals surface area contributed by atoms with Crippen molar-refractivity contribution in [1.29, 1.82) is 0 Å². The molecule has 21 heavy (non-hydrogen) atoms. The fourth-order valence-corrected chi connectivity index (χ4v) is 3.51. The first-order chi connectivity index (χ1) is 9.83. The number of carboxylic acids is 1. The van der Waals surface area contributed by atoms with Crippen LogP contribution in [0.5, 0.6) is 5.75 Å². The molecule has 9 heteroatoms. The van der Waals surface area contributed by atoms with E-state index in [4.69, 9.17) is 14.3 Å². The molecule has 0 aliphatic rings. The number of hydrogen-bond donors (Lipinski definition) is 2. The zero-order valence-corrected chi connectivity index (χ0v) is 13.1. The first-order valence-corrected chi connectivity index (χ1v) is 7.80. The molecule has 112 valence electrons. The van der Waals surface area contributed by atoms with Gasteiger partial charge in [-0.1, -0.05) is 0 Å². The van der Waals surface area contributed by atoms with Crippen LogP contribution in [-0.4, -0.2) is 26.6 Å². The number of benzene rings is 1. The number of carboxylic acid groups (broad SMARTS) is 1. The summed E-state index contributed by atoms with van der Waals surface area (Å²) in [5, 5.41) is 8.79. The first kappa shape index (κ1) is 15.4. The normalized spacial score (nSPS) is 11.1. The van der Waals surface area contributed by atoms with Gasteiger partial charge in [-0.05, 0) is 40.2 Å². The summed E-state index contributed by atoms with van der Waals surface area (Å²) in [6.45, 7) is 0. The molecule has 2 N–H and O–H groups in total. The van der Waals surface area contributed by atoms with Gasteiger partial charge in [-0.15, -0.1) is 0 Å². The van der Waals surface area contributed by atoms with E-state index in [1.165, 1.54) is 19.2 Å². The molecule has 0 aliphatic carbocycles. The van der Waals surface area contributed by atoms with E-state index in [-0.39, 0.29) is 9.56 Å². The number of halogens is 1. The van der Waals surface area contributed by atoms with Crippen molar-refractivity contribution in [3.63, 3.8) is 0 Å². The molecule has 0 saturated heterocycles. The van der Waals surface area contributed by atoms with Crippen LogP contribution in [0.2, 0.25) is 0 Å². The summed E-state index contributed by atoms with van der Waals surface area (Å²) in [5.74, 6) is -1.26. The summed E-state index contributed by atoms with van der Waals surface area (Å²) in [6, 6.07) is 7.14. The quantitative estimate of drug-likeness (QED) is 0.831. The summed E-state index contributed by atoms with van der Waals surface area (Å²) in [6.07, 6.45) is 0. The van der Waals surface area contributed by atoms with Crippen molar-refractivity contribution in [3.8, 4) is 5.75 Å². The molecule has 0 radical (unpaired) electrons. The SMILES string of the molecule is COc1ccc(NS(=O)(=O)c2cc(C(=O)O)oc2Br)cc1. The highest BCUT2D eigenvalue weighted by molar-refractivity contribution is 9.10. The second kappa shape index (κ2) is 5.78. The van der Waals surface area contributed by atoms with E-state index in [1.807, 2.05) is 0 Å². The average molecular weight is 376 g/mol. The predicted molar refractivity (Wildman–Crippen MR) is 77.2 cm³/mol. The van der Waals surface area contributed by atoms with E-state index < -0.39 is 21.8 Å². The molecule has 0 spiro atoms. The molecule has 0 bridgehead atoms. The molecule has 2 rings (SSSR count). The third-order valence-corrected chi connectivity index (χ3v) is 4.74. The first-order valence-electron chi connectivity index (χ1n) is 5.53. The van der Waals surface area contributed by atoms with E-state index in [0.717, 1.165) is 6.07 Å². The Bertz CT molecular complexity index is 766. The topological polar surface area (TPSA) is 106 Å². The van der Waals surface area contributed by atoms with Crippen molar-refractivity contribution < 1.29 is 27.5 Å². The lowest BCUT2D eigenvalue weighted by Crippen LogP contribution is -2.12. The molecule has 2 aromatic rings. The minimum absolute atomic E-state index is 0.180. The van der Waals surface area contributed by atoms with Crippen molar-refractivity contribution in [2.75, 3.05) is 11.8 Å². The molecule has 1 aromatic heterocycles. The third kappa shape index (κ3) is 3.37. The number of hydrogen-bond acceptors (Lipinski definition) is 5. The maximum Gasteiger partial charge on any atom is 0.371 e. The Morgan fingerprint density at radius 3 is 2.43 bits per heavy atom. The molecule has 0 atom stereocenters. The van der Waals surface area contributed by atoms with Crippen LogP contribution in [0.1, 0.15) is 10.6 Å². The molecular formula is C12H10BrNO6S. The number of ether oxygens (including phenoxy) is 1. The highest BCUT2D eigenvalue weighted by atomic mass is 79.9. The maximum absolute atomic E-state index is 12.2. The minimum atomic E-state index is -3.97. The zero-order chi connectivity index (χ0) is 15.6. The number of aromatic carboxylic acids is 1. The molecule has 1 aromatic carbocycles. The largest absolute Gasteiger partial charge is 0.497 e. The molecule has 0 saturated carbocycles. The maximum atomic E-state index is 12.2. The van der Waals surface area contributed by atoms with Crippen LogP contribution in [0.15, 0.2) is 44.3 Å². The van der Waals surface area contributed by atoms with Gasteiger partial charge in [-0.2, -0.15) is 0 Å². The molecular weight excluding hydrogens is 366 g/mol. The van der Waals surface area contributed by atoms with Gasteiger partial charge in [0.15, 0.2) is 4.67 Å². The number of methoxy groups -OCH3 is 1. The van der Waals surface area contributed by atoms with Gasteiger partial charge in [-0.3, -0.25) is 4.72 Å². The van der Waals surface area contributed by atoms with Gasteiger partial charge in [0.2, 0.25) is 5.76 Å². The lowest BCUT2D eigenvalue weighted by atomic mass is 10.3. The van der Waals surface area contributed by atoms with Crippen molar-refractivity contribution in [2.45, 2.75) is 4.90 Å². The van der Waals surface area contributed by atoms with E-state index in [1.54, 1.807) is 12.1 Å². The Kier molecular flexibility index (Phi) is 4.24. The Hall–Kier alpha value is -2.00. The molecule has 0 unspecified atom stereocenters. The highest BCUT2D eigenvalue weighted by Gasteiger charge is 2.25. The summed E-state index contributed by atoms with van der Waals surface area (Å²) in [4.78, 5) is 10.5. The van der Waals surface area contributed by atoms with E-state index in [0.29, 0.717) is 11.4 Å². The van der Waals surface area contributed by atoms with Crippen LogP contribution in [0.25, 0.3) is 0 Å². The van der Waals surface area contributed by atoms with Crippen molar-refractivity contribution in [1.82, 2.24) is 0 Å². The molecule has 0 fully saturated rings. The number of carbonyl (C=O) groups is 1. The fourth-order valence-electron chi connectivity index (χ4n) is 1.51. The van der Waals surface area contributed by atoms with Crippen molar-refractivity contribution >= 4 is 37.6 Å². The van der Waals surface area contributed by atoms with Gasteiger partial charge in [0.25, 0.3) is 10.0 Å². The number of anilines is 1. The van der Waals surface area contributed by atoms with E-state index in [2.05, 4.69) is 20.7 Å². The van der Waals surface area contributed by atoms with Gasteiger partial charge in [0.1, 0.15) is 10.6 Å². The minimum Gasteiger partial charge on any atom is -0.497 e. The summed E-state index contributed by atoms with van der Waals surface area (Å²) in [5.41, 5.74) is 0.306.